The second-order valence-electron chi connectivity index (χ2n) is 4.00. The van der Waals surface area contributed by atoms with E-state index in [1.165, 1.54) is 6.33 Å². The molecule has 2 aromatic rings. The van der Waals surface area contributed by atoms with Crippen LogP contribution in [-0.2, 0) is 6.42 Å². The lowest BCUT2D eigenvalue weighted by Crippen LogP contribution is -2.02. The Labute approximate surface area is 122 Å². The van der Waals surface area contributed by atoms with Gasteiger partial charge in [0.1, 0.15) is 23.0 Å². The third-order valence-electron chi connectivity index (χ3n) is 2.83. The normalized spacial score (nSPS) is 9.90. The third-order valence-corrected chi connectivity index (χ3v) is 3.16. The van der Waals surface area contributed by atoms with Crippen LogP contribution in [0, 0.1) is 11.3 Å². The highest BCUT2D eigenvalue weighted by Crippen LogP contribution is 2.30. The Balaban J connectivity index is 2.40. The van der Waals surface area contributed by atoms with Crippen LogP contribution in [0.15, 0.2) is 24.5 Å². The number of benzene rings is 1. The van der Waals surface area contributed by atoms with Crippen molar-refractivity contribution in [2.75, 3.05) is 12.4 Å². The molecule has 0 atom stereocenters. The Kier molecular flexibility index (Phi) is 4.38. The molecule has 1 aromatic heterocycles. The molecule has 2 rings (SSSR count). The van der Waals surface area contributed by atoms with Gasteiger partial charge >= 0.3 is 0 Å². The van der Waals surface area contributed by atoms with Crippen LogP contribution < -0.4 is 10.1 Å². The van der Waals surface area contributed by atoms with Gasteiger partial charge in [-0.1, -0.05) is 18.5 Å². The molecule has 20 heavy (non-hydrogen) atoms. The quantitative estimate of drug-likeness (QED) is 0.874. The van der Waals surface area contributed by atoms with E-state index in [-0.39, 0.29) is 0 Å². The molecule has 1 heterocycles. The molecule has 0 unspecified atom stereocenters. The van der Waals surface area contributed by atoms with E-state index in [4.69, 9.17) is 21.6 Å². The van der Waals surface area contributed by atoms with Crippen LogP contribution in [0.2, 0.25) is 5.15 Å². The standard InChI is InChI=1S/C14H13ClN4O/c1-3-10-13(15)17-8-18-14(10)19-11-5-4-9(7-16)6-12(11)20-2/h4-6,8H,3H2,1-2H3,(H,17,18,19). The number of rotatable bonds is 4. The lowest BCUT2D eigenvalue weighted by atomic mass is 10.2. The fraction of sp³-hybridized carbons (Fsp3) is 0.214. The van der Waals surface area contributed by atoms with Gasteiger partial charge in [0.25, 0.3) is 0 Å². The largest absolute Gasteiger partial charge is 0.495 e. The highest BCUT2D eigenvalue weighted by atomic mass is 35.5. The summed E-state index contributed by atoms with van der Waals surface area (Å²) >= 11 is 6.05. The van der Waals surface area contributed by atoms with Gasteiger partial charge in [-0.25, -0.2) is 9.97 Å². The Morgan fingerprint density at radius 2 is 2.20 bits per heavy atom. The summed E-state index contributed by atoms with van der Waals surface area (Å²) in [6.07, 6.45) is 2.11. The number of hydrogen-bond donors (Lipinski definition) is 1. The van der Waals surface area contributed by atoms with Crippen molar-refractivity contribution < 1.29 is 4.74 Å². The topological polar surface area (TPSA) is 70.8 Å². The molecule has 1 N–H and O–H groups in total. The monoisotopic (exact) mass is 288 g/mol. The van der Waals surface area contributed by atoms with Gasteiger partial charge in [-0.05, 0) is 18.6 Å². The molecule has 6 heteroatoms. The van der Waals surface area contributed by atoms with Crippen LogP contribution in [0.3, 0.4) is 0 Å². The molecule has 0 amide bonds. The summed E-state index contributed by atoms with van der Waals surface area (Å²) in [4.78, 5) is 8.16. The van der Waals surface area contributed by atoms with E-state index in [2.05, 4.69) is 21.4 Å². The summed E-state index contributed by atoms with van der Waals surface area (Å²) in [6.45, 7) is 1.98. The van der Waals surface area contributed by atoms with Gasteiger partial charge in [-0.3, -0.25) is 0 Å². The van der Waals surface area contributed by atoms with E-state index in [0.29, 0.717) is 28.7 Å². The lowest BCUT2D eigenvalue weighted by Gasteiger charge is -2.13. The molecule has 0 aliphatic heterocycles. The van der Waals surface area contributed by atoms with Gasteiger partial charge in [-0.15, -0.1) is 0 Å². The number of ether oxygens (including phenoxy) is 1. The molecule has 0 fully saturated rings. The van der Waals surface area contributed by atoms with Crippen molar-refractivity contribution in [1.82, 2.24) is 9.97 Å². The van der Waals surface area contributed by atoms with Gasteiger partial charge in [0, 0.05) is 11.6 Å². The summed E-state index contributed by atoms with van der Waals surface area (Å²) in [7, 11) is 1.55. The number of halogens is 1. The Morgan fingerprint density at radius 3 is 2.85 bits per heavy atom. The molecular formula is C14H13ClN4O. The first-order chi connectivity index (χ1) is 9.69. The van der Waals surface area contributed by atoms with Gasteiger partial charge in [-0.2, -0.15) is 5.26 Å². The Bertz CT molecular complexity index is 667. The number of hydrogen-bond acceptors (Lipinski definition) is 5. The molecule has 1 aromatic carbocycles. The summed E-state index contributed by atoms with van der Waals surface area (Å²) in [5.74, 6) is 1.20. The molecule has 0 bridgehead atoms. The first kappa shape index (κ1) is 14.1. The molecule has 0 radical (unpaired) electrons. The van der Waals surface area contributed by atoms with Crippen molar-refractivity contribution >= 4 is 23.1 Å². The van der Waals surface area contributed by atoms with Gasteiger partial charge < -0.3 is 10.1 Å². The zero-order valence-electron chi connectivity index (χ0n) is 11.1. The maximum absolute atomic E-state index is 8.89. The van der Waals surface area contributed by atoms with Crippen LogP contribution in [0.5, 0.6) is 5.75 Å². The number of nitrogens with zero attached hydrogens (tertiary/aromatic N) is 3. The van der Waals surface area contributed by atoms with Crippen molar-refractivity contribution in [3.63, 3.8) is 0 Å². The average Bonchev–Trinajstić information content (AvgIpc) is 2.48. The van der Waals surface area contributed by atoms with Crippen LogP contribution in [0.1, 0.15) is 18.1 Å². The number of nitriles is 1. The maximum atomic E-state index is 8.89. The zero-order valence-corrected chi connectivity index (χ0v) is 11.9. The number of nitrogens with one attached hydrogen (secondary N) is 1. The Hall–Kier alpha value is -2.32. The highest BCUT2D eigenvalue weighted by Gasteiger charge is 2.11. The minimum atomic E-state index is 0.428. The van der Waals surface area contributed by atoms with Crippen LogP contribution in [-0.4, -0.2) is 17.1 Å². The van der Waals surface area contributed by atoms with Crippen LogP contribution >= 0.6 is 11.6 Å². The SMILES string of the molecule is CCc1c(Cl)ncnc1Nc1ccc(C#N)cc1OC. The van der Waals surface area contributed by atoms with E-state index in [1.54, 1.807) is 25.3 Å². The average molecular weight is 289 g/mol. The van der Waals surface area contributed by atoms with Gasteiger partial charge in [0.15, 0.2) is 0 Å². The van der Waals surface area contributed by atoms with E-state index in [1.807, 2.05) is 6.92 Å². The third kappa shape index (κ3) is 2.81. The zero-order chi connectivity index (χ0) is 14.5. The summed E-state index contributed by atoms with van der Waals surface area (Å²) < 4.78 is 5.27. The van der Waals surface area contributed by atoms with E-state index >= 15 is 0 Å². The minimum Gasteiger partial charge on any atom is -0.495 e. The van der Waals surface area contributed by atoms with Crippen molar-refractivity contribution in [2.45, 2.75) is 13.3 Å². The summed E-state index contributed by atoms with van der Waals surface area (Å²) in [6, 6.07) is 7.21. The fourth-order valence-electron chi connectivity index (χ4n) is 1.80. The summed E-state index contributed by atoms with van der Waals surface area (Å²) in [5.41, 5.74) is 2.08. The number of anilines is 2. The Morgan fingerprint density at radius 1 is 1.40 bits per heavy atom. The molecule has 0 spiro atoms. The first-order valence-corrected chi connectivity index (χ1v) is 6.42. The first-order valence-electron chi connectivity index (χ1n) is 6.04. The van der Waals surface area contributed by atoms with Crippen LogP contribution in [0.25, 0.3) is 0 Å². The highest BCUT2D eigenvalue weighted by molar-refractivity contribution is 6.30. The van der Waals surface area contributed by atoms with Crippen LogP contribution in [0.4, 0.5) is 11.5 Å². The molecule has 0 saturated heterocycles. The van der Waals surface area contributed by atoms with Crippen molar-refractivity contribution in [2.24, 2.45) is 0 Å². The van der Waals surface area contributed by atoms with E-state index < -0.39 is 0 Å². The number of methoxy groups -OCH3 is 1. The van der Waals surface area contributed by atoms with Crippen molar-refractivity contribution in [3.8, 4) is 11.8 Å². The molecule has 0 aliphatic carbocycles. The van der Waals surface area contributed by atoms with Crippen molar-refractivity contribution in [1.29, 1.82) is 5.26 Å². The van der Waals surface area contributed by atoms with E-state index in [0.717, 1.165) is 11.3 Å². The molecule has 102 valence electrons. The fourth-order valence-corrected chi connectivity index (χ4v) is 2.07. The molecule has 5 nitrogen and oxygen atoms in total. The van der Waals surface area contributed by atoms with E-state index in [9.17, 15) is 0 Å². The second kappa shape index (κ2) is 6.22. The van der Waals surface area contributed by atoms with Gasteiger partial charge in [0.05, 0.1) is 24.4 Å². The van der Waals surface area contributed by atoms with Crippen molar-refractivity contribution in [3.05, 3.63) is 40.8 Å². The minimum absolute atomic E-state index is 0.428. The number of aromatic nitrogens is 2. The maximum Gasteiger partial charge on any atom is 0.143 e. The molecule has 0 saturated carbocycles. The summed E-state index contributed by atoms with van der Waals surface area (Å²) in [5, 5.41) is 12.5. The predicted molar refractivity (Wildman–Crippen MR) is 77.4 cm³/mol. The molecular weight excluding hydrogens is 276 g/mol. The van der Waals surface area contributed by atoms with Gasteiger partial charge in [0.2, 0.25) is 0 Å². The second-order valence-corrected chi connectivity index (χ2v) is 4.36. The molecule has 0 aliphatic rings. The lowest BCUT2D eigenvalue weighted by molar-refractivity contribution is 0.416. The smallest absolute Gasteiger partial charge is 0.143 e. The predicted octanol–water partition coefficient (Wildman–Crippen LogP) is 3.32.